The zero-order valence-corrected chi connectivity index (χ0v) is 13.7. The van der Waals surface area contributed by atoms with Gasteiger partial charge >= 0.3 is 0 Å². The average molecular weight is 364 g/mol. The van der Waals surface area contributed by atoms with Crippen LogP contribution in [-0.4, -0.2) is 50.1 Å². The molecule has 0 saturated carbocycles. The molecule has 20 heavy (non-hydrogen) atoms. The quantitative estimate of drug-likeness (QED) is 0.886. The highest BCUT2D eigenvalue weighted by Crippen LogP contribution is 2.35. The molecule has 0 bridgehead atoms. The summed E-state index contributed by atoms with van der Waals surface area (Å²) in [5.74, 6) is 0.974. The molecule has 1 aromatic rings. The third kappa shape index (κ3) is 3.86. The van der Waals surface area contributed by atoms with E-state index in [1.807, 2.05) is 6.07 Å². The molecule has 1 N–H and O–H groups in total. The van der Waals surface area contributed by atoms with E-state index in [-0.39, 0.29) is 17.3 Å². The van der Waals surface area contributed by atoms with Crippen molar-refractivity contribution in [3.8, 4) is 11.5 Å². The number of nitrogens with zero attached hydrogens (tertiary/aromatic N) is 1. The van der Waals surface area contributed by atoms with Crippen molar-refractivity contribution in [3.05, 3.63) is 22.2 Å². The Labute approximate surface area is 127 Å². The largest absolute Gasteiger partial charge is 0.503 e. The number of phenolic OH excluding ortho intramolecular Hbond substituents is 1. The molecule has 1 aliphatic rings. The highest BCUT2D eigenvalue weighted by Gasteiger charge is 2.19. The molecule has 1 aliphatic heterocycles. The van der Waals surface area contributed by atoms with Crippen LogP contribution in [0.2, 0.25) is 0 Å². The fourth-order valence-corrected chi connectivity index (χ4v) is 4.08. The van der Waals surface area contributed by atoms with E-state index in [9.17, 15) is 13.5 Å². The van der Waals surface area contributed by atoms with E-state index in [1.165, 1.54) is 7.11 Å². The lowest BCUT2D eigenvalue weighted by molar-refractivity contribution is 0.286. The Balaban J connectivity index is 2.12. The highest BCUT2D eigenvalue weighted by atomic mass is 79.9. The van der Waals surface area contributed by atoms with Crippen LogP contribution in [0, 0.1) is 0 Å². The van der Waals surface area contributed by atoms with Gasteiger partial charge in [-0.3, -0.25) is 4.90 Å². The first-order chi connectivity index (χ1) is 9.41. The number of sulfone groups is 1. The van der Waals surface area contributed by atoms with Crippen LogP contribution < -0.4 is 4.74 Å². The second kappa shape index (κ2) is 6.32. The number of rotatable bonds is 3. The molecule has 2 rings (SSSR count). The molecule has 1 saturated heterocycles. The Morgan fingerprint density at radius 3 is 2.80 bits per heavy atom. The van der Waals surface area contributed by atoms with E-state index in [1.54, 1.807) is 6.07 Å². The second-order valence-corrected chi connectivity index (χ2v) is 8.07. The minimum absolute atomic E-state index is 0.0784. The standard InChI is InChI=1S/C13H18BrNO4S/c1-19-12-8-10(7-11(14)13(12)16)9-15-3-2-5-20(17,18)6-4-15/h7-8,16H,2-6,9H2,1H3. The van der Waals surface area contributed by atoms with Crippen LogP contribution in [0.25, 0.3) is 0 Å². The highest BCUT2D eigenvalue weighted by molar-refractivity contribution is 9.10. The predicted molar refractivity (Wildman–Crippen MR) is 80.9 cm³/mol. The maximum Gasteiger partial charge on any atom is 0.172 e. The Bertz CT molecular complexity index is 588. The Hall–Kier alpha value is -0.790. The fourth-order valence-electron chi connectivity index (χ4n) is 2.28. The van der Waals surface area contributed by atoms with Gasteiger partial charge in [-0.05, 0) is 46.6 Å². The van der Waals surface area contributed by atoms with Crippen LogP contribution in [0.3, 0.4) is 0 Å². The monoisotopic (exact) mass is 363 g/mol. The van der Waals surface area contributed by atoms with Gasteiger partial charge in [0.05, 0.1) is 23.1 Å². The van der Waals surface area contributed by atoms with Gasteiger partial charge in [0.15, 0.2) is 21.3 Å². The molecule has 0 aliphatic carbocycles. The first kappa shape index (κ1) is 15.6. The SMILES string of the molecule is COc1cc(CN2CCCS(=O)(=O)CC2)cc(Br)c1O. The van der Waals surface area contributed by atoms with Gasteiger partial charge in [-0.25, -0.2) is 8.42 Å². The van der Waals surface area contributed by atoms with E-state index < -0.39 is 9.84 Å². The van der Waals surface area contributed by atoms with Crippen molar-refractivity contribution in [2.45, 2.75) is 13.0 Å². The summed E-state index contributed by atoms with van der Waals surface area (Å²) in [7, 11) is -1.38. The van der Waals surface area contributed by atoms with Gasteiger partial charge in [0.25, 0.3) is 0 Å². The lowest BCUT2D eigenvalue weighted by Gasteiger charge is -2.20. The van der Waals surface area contributed by atoms with Crippen molar-refractivity contribution in [2.24, 2.45) is 0 Å². The summed E-state index contributed by atoms with van der Waals surface area (Å²) in [5, 5.41) is 9.78. The number of halogens is 1. The summed E-state index contributed by atoms with van der Waals surface area (Å²) in [6.45, 7) is 1.95. The third-order valence-electron chi connectivity index (χ3n) is 3.36. The topological polar surface area (TPSA) is 66.8 Å². The second-order valence-electron chi connectivity index (χ2n) is 4.91. The summed E-state index contributed by atoms with van der Waals surface area (Å²) >= 11 is 3.29. The van der Waals surface area contributed by atoms with Crippen LogP contribution in [0.1, 0.15) is 12.0 Å². The van der Waals surface area contributed by atoms with Gasteiger partial charge in [-0.15, -0.1) is 0 Å². The molecule has 112 valence electrons. The predicted octanol–water partition coefficient (Wildman–Crippen LogP) is 1.78. The molecule has 0 amide bonds. The van der Waals surface area contributed by atoms with Crippen LogP contribution >= 0.6 is 15.9 Å². The number of phenols is 1. The summed E-state index contributed by atoms with van der Waals surface area (Å²) in [6.07, 6.45) is 0.665. The minimum Gasteiger partial charge on any atom is -0.503 e. The maximum absolute atomic E-state index is 11.6. The van der Waals surface area contributed by atoms with Crippen molar-refractivity contribution in [1.82, 2.24) is 4.90 Å². The normalized spacial score (nSPS) is 19.5. The molecule has 0 atom stereocenters. The van der Waals surface area contributed by atoms with Crippen molar-refractivity contribution in [1.29, 1.82) is 0 Å². The molecule has 1 fully saturated rings. The van der Waals surface area contributed by atoms with Crippen molar-refractivity contribution < 1.29 is 18.3 Å². The molecule has 1 heterocycles. The van der Waals surface area contributed by atoms with Crippen molar-refractivity contribution in [3.63, 3.8) is 0 Å². The lowest BCUT2D eigenvalue weighted by atomic mass is 10.2. The van der Waals surface area contributed by atoms with Gasteiger partial charge in [0, 0.05) is 13.1 Å². The van der Waals surface area contributed by atoms with Gasteiger partial charge in [-0.2, -0.15) is 0 Å². The first-order valence-corrected chi connectivity index (χ1v) is 9.01. The molecule has 5 nitrogen and oxygen atoms in total. The number of hydrogen-bond acceptors (Lipinski definition) is 5. The van der Waals surface area contributed by atoms with E-state index in [2.05, 4.69) is 20.8 Å². The average Bonchev–Trinajstić information content (AvgIpc) is 2.55. The van der Waals surface area contributed by atoms with Crippen molar-refractivity contribution in [2.75, 3.05) is 31.7 Å². The zero-order chi connectivity index (χ0) is 14.8. The lowest BCUT2D eigenvalue weighted by Crippen LogP contribution is -2.26. The smallest absolute Gasteiger partial charge is 0.172 e. The molecular formula is C13H18BrNO4S. The Kier molecular flexibility index (Phi) is 4.93. The van der Waals surface area contributed by atoms with E-state index in [4.69, 9.17) is 4.74 Å². The first-order valence-electron chi connectivity index (χ1n) is 6.39. The minimum atomic E-state index is -2.89. The molecule has 7 heteroatoms. The Morgan fingerprint density at radius 2 is 2.10 bits per heavy atom. The van der Waals surface area contributed by atoms with Gasteiger partial charge < -0.3 is 9.84 Å². The molecule has 0 aromatic heterocycles. The van der Waals surface area contributed by atoms with Gasteiger partial charge in [-0.1, -0.05) is 0 Å². The number of hydrogen-bond donors (Lipinski definition) is 1. The van der Waals surface area contributed by atoms with Gasteiger partial charge in [0.2, 0.25) is 0 Å². The summed E-state index contributed by atoms with van der Waals surface area (Å²) < 4.78 is 28.9. The summed E-state index contributed by atoms with van der Waals surface area (Å²) in [5.41, 5.74) is 0.978. The van der Waals surface area contributed by atoms with Crippen molar-refractivity contribution >= 4 is 25.8 Å². The number of ether oxygens (including phenoxy) is 1. The molecular weight excluding hydrogens is 346 g/mol. The molecule has 0 spiro atoms. The fraction of sp³-hybridized carbons (Fsp3) is 0.538. The summed E-state index contributed by atoms with van der Waals surface area (Å²) in [4.78, 5) is 2.11. The van der Waals surface area contributed by atoms with E-state index in [0.717, 1.165) is 12.1 Å². The van der Waals surface area contributed by atoms with Crippen LogP contribution in [-0.2, 0) is 16.4 Å². The van der Waals surface area contributed by atoms with E-state index in [0.29, 0.717) is 29.7 Å². The third-order valence-corrected chi connectivity index (χ3v) is 5.68. The van der Waals surface area contributed by atoms with Crippen LogP contribution in [0.5, 0.6) is 11.5 Å². The number of methoxy groups -OCH3 is 1. The molecule has 0 radical (unpaired) electrons. The number of benzene rings is 1. The van der Waals surface area contributed by atoms with Crippen LogP contribution in [0.15, 0.2) is 16.6 Å². The van der Waals surface area contributed by atoms with Crippen LogP contribution in [0.4, 0.5) is 0 Å². The number of aromatic hydroxyl groups is 1. The summed E-state index contributed by atoms with van der Waals surface area (Å²) in [6, 6.07) is 3.61. The maximum atomic E-state index is 11.6. The molecule has 0 unspecified atom stereocenters. The Morgan fingerprint density at radius 1 is 1.35 bits per heavy atom. The molecule has 1 aromatic carbocycles. The van der Waals surface area contributed by atoms with E-state index >= 15 is 0 Å². The zero-order valence-electron chi connectivity index (χ0n) is 11.3. The van der Waals surface area contributed by atoms with Gasteiger partial charge in [0.1, 0.15) is 0 Å².